The van der Waals surface area contributed by atoms with Crippen LogP contribution >= 0.6 is 0 Å². The minimum atomic E-state index is -0.428. The molecule has 0 aromatic carbocycles. The highest BCUT2D eigenvalue weighted by Gasteiger charge is 2.67. The fourth-order valence-electron chi connectivity index (χ4n) is 5.30. The average molecular weight is 208 g/mol. The van der Waals surface area contributed by atoms with Crippen molar-refractivity contribution in [3.8, 4) is 0 Å². The quantitative estimate of drug-likeness (QED) is 0.647. The molecule has 3 rings (SSSR count). The Bertz CT molecular complexity index is 264. The highest BCUT2D eigenvalue weighted by molar-refractivity contribution is 5.17. The van der Waals surface area contributed by atoms with Crippen LogP contribution in [-0.4, -0.2) is 10.7 Å². The predicted molar refractivity (Wildman–Crippen MR) is 61.5 cm³/mol. The highest BCUT2D eigenvalue weighted by Crippen LogP contribution is 2.70. The summed E-state index contributed by atoms with van der Waals surface area (Å²) < 4.78 is 0. The molecular weight excluding hydrogens is 184 g/mol. The van der Waals surface area contributed by atoms with Crippen LogP contribution in [0.4, 0.5) is 0 Å². The lowest BCUT2D eigenvalue weighted by molar-refractivity contribution is -0.234. The molecule has 3 aliphatic rings. The Hall–Kier alpha value is -0.0400. The number of rotatable bonds is 0. The summed E-state index contributed by atoms with van der Waals surface area (Å²) >= 11 is 0. The topological polar surface area (TPSA) is 20.2 Å². The molecule has 0 amide bonds. The molecule has 15 heavy (non-hydrogen) atoms. The molecule has 0 heterocycles. The molecule has 5 atom stereocenters. The number of hydrogen-bond donors (Lipinski definition) is 1. The van der Waals surface area contributed by atoms with Crippen molar-refractivity contribution in [1.29, 1.82) is 0 Å². The Morgan fingerprint density at radius 2 is 1.40 bits per heavy atom. The van der Waals surface area contributed by atoms with E-state index in [-0.39, 0.29) is 10.8 Å². The zero-order valence-corrected chi connectivity index (χ0v) is 10.3. The van der Waals surface area contributed by atoms with Crippen molar-refractivity contribution in [2.24, 2.45) is 22.7 Å². The molecule has 3 fully saturated rings. The normalized spacial score (nSPS) is 63.2. The number of aliphatic hydroxyl groups is 1. The van der Waals surface area contributed by atoms with Gasteiger partial charge in [0.15, 0.2) is 0 Å². The smallest absolute Gasteiger partial charge is 0.0731 e. The van der Waals surface area contributed by atoms with Gasteiger partial charge in [-0.25, -0.2) is 0 Å². The average Bonchev–Trinajstić information content (AvgIpc) is 2.61. The molecular formula is C14H24O. The molecule has 3 aliphatic carbocycles. The zero-order valence-electron chi connectivity index (χ0n) is 10.3. The molecule has 1 unspecified atom stereocenters. The van der Waals surface area contributed by atoms with E-state index < -0.39 is 5.60 Å². The van der Waals surface area contributed by atoms with Gasteiger partial charge in [-0.15, -0.1) is 0 Å². The van der Waals surface area contributed by atoms with Crippen molar-refractivity contribution in [2.45, 2.75) is 64.9 Å². The third kappa shape index (κ3) is 0.906. The van der Waals surface area contributed by atoms with Crippen LogP contribution in [0.15, 0.2) is 0 Å². The molecule has 1 nitrogen and oxygen atoms in total. The van der Waals surface area contributed by atoms with E-state index in [1.54, 1.807) is 0 Å². The summed E-state index contributed by atoms with van der Waals surface area (Å²) in [5.41, 5.74) is -0.0255. The van der Waals surface area contributed by atoms with Gasteiger partial charge in [0.2, 0.25) is 0 Å². The van der Waals surface area contributed by atoms with Crippen LogP contribution in [-0.2, 0) is 0 Å². The maximum absolute atomic E-state index is 11.1. The van der Waals surface area contributed by atoms with Gasteiger partial charge in [0.05, 0.1) is 5.60 Å². The zero-order chi connectivity index (χ0) is 10.9. The largest absolute Gasteiger partial charge is 0.389 e. The van der Waals surface area contributed by atoms with Crippen molar-refractivity contribution in [1.82, 2.24) is 0 Å². The van der Waals surface area contributed by atoms with Gasteiger partial charge in [0, 0.05) is 0 Å². The molecule has 0 aromatic heterocycles. The maximum Gasteiger partial charge on any atom is 0.0731 e. The second kappa shape index (κ2) is 2.61. The Morgan fingerprint density at radius 3 is 1.87 bits per heavy atom. The van der Waals surface area contributed by atoms with Gasteiger partial charge in [0.1, 0.15) is 0 Å². The third-order valence-electron chi connectivity index (χ3n) is 6.85. The first kappa shape index (κ1) is 10.1. The lowest BCUT2D eigenvalue weighted by atomic mass is 9.43. The minimum Gasteiger partial charge on any atom is -0.389 e. The van der Waals surface area contributed by atoms with Crippen molar-refractivity contribution in [3.63, 3.8) is 0 Å². The van der Waals surface area contributed by atoms with Gasteiger partial charge in [-0.3, -0.25) is 0 Å². The van der Waals surface area contributed by atoms with E-state index in [2.05, 4.69) is 20.8 Å². The predicted octanol–water partition coefficient (Wildman–Crippen LogP) is 3.36. The summed E-state index contributed by atoms with van der Waals surface area (Å²) in [5.74, 6) is 1.59. The first-order valence-corrected chi connectivity index (χ1v) is 6.64. The third-order valence-corrected chi connectivity index (χ3v) is 6.85. The van der Waals surface area contributed by atoms with E-state index in [1.165, 1.54) is 38.5 Å². The summed E-state index contributed by atoms with van der Waals surface area (Å²) in [6.45, 7) is 6.85. The molecule has 3 saturated carbocycles. The number of fused-ring (bicyclic) bond motifs is 6. The molecule has 0 radical (unpaired) electrons. The van der Waals surface area contributed by atoms with Crippen molar-refractivity contribution in [2.75, 3.05) is 0 Å². The first-order valence-electron chi connectivity index (χ1n) is 6.64. The highest BCUT2D eigenvalue weighted by atomic mass is 16.3. The van der Waals surface area contributed by atoms with E-state index in [9.17, 15) is 5.11 Å². The summed E-state index contributed by atoms with van der Waals surface area (Å²) in [6, 6.07) is 0. The van der Waals surface area contributed by atoms with Crippen LogP contribution < -0.4 is 0 Å². The van der Waals surface area contributed by atoms with Crippen LogP contribution in [0.2, 0.25) is 0 Å². The second-order valence-corrected chi connectivity index (χ2v) is 6.97. The Morgan fingerprint density at radius 1 is 0.933 bits per heavy atom. The second-order valence-electron chi connectivity index (χ2n) is 6.97. The molecule has 1 N–H and O–H groups in total. The number of hydrogen-bond acceptors (Lipinski definition) is 1. The standard InChI is InChI=1S/C14H24O/c1-12-7-4-8-13(2,14(12,3)15)11-6-5-10(12)9-11/h10-11,15H,4-9H2,1-3H3/t10-,11+,12+,13-,14?. The molecule has 0 aromatic rings. The van der Waals surface area contributed by atoms with Gasteiger partial charge in [-0.05, 0) is 61.7 Å². The van der Waals surface area contributed by atoms with Crippen LogP contribution in [0, 0.1) is 22.7 Å². The van der Waals surface area contributed by atoms with Gasteiger partial charge in [-0.2, -0.15) is 0 Å². The lowest BCUT2D eigenvalue weighted by Gasteiger charge is -2.64. The molecule has 1 heteroatoms. The van der Waals surface area contributed by atoms with Gasteiger partial charge >= 0.3 is 0 Å². The molecule has 0 aliphatic heterocycles. The summed E-state index contributed by atoms with van der Waals surface area (Å²) in [6.07, 6.45) is 7.94. The van der Waals surface area contributed by atoms with Gasteiger partial charge in [0.25, 0.3) is 0 Å². The summed E-state index contributed by atoms with van der Waals surface area (Å²) in [4.78, 5) is 0. The van der Waals surface area contributed by atoms with E-state index in [0.717, 1.165) is 11.8 Å². The molecule has 0 saturated heterocycles. The molecule has 4 bridgehead atoms. The van der Waals surface area contributed by atoms with Gasteiger partial charge < -0.3 is 5.11 Å². The van der Waals surface area contributed by atoms with Crippen molar-refractivity contribution >= 4 is 0 Å². The van der Waals surface area contributed by atoms with Crippen LogP contribution in [0.1, 0.15) is 59.3 Å². The van der Waals surface area contributed by atoms with E-state index in [1.807, 2.05) is 0 Å². The van der Waals surface area contributed by atoms with Gasteiger partial charge in [-0.1, -0.05) is 20.3 Å². The Balaban J connectivity index is 2.15. The van der Waals surface area contributed by atoms with Crippen LogP contribution in [0.25, 0.3) is 0 Å². The van der Waals surface area contributed by atoms with E-state index in [4.69, 9.17) is 0 Å². The fourth-order valence-corrected chi connectivity index (χ4v) is 5.30. The Kier molecular flexibility index (Phi) is 1.77. The first-order chi connectivity index (χ1) is 6.92. The van der Waals surface area contributed by atoms with E-state index >= 15 is 0 Å². The van der Waals surface area contributed by atoms with Crippen molar-refractivity contribution < 1.29 is 5.11 Å². The fraction of sp³-hybridized carbons (Fsp3) is 1.00. The van der Waals surface area contributed by atoms with Crippen molar-refractivity contribution in [3.05, 3.63) is 0 Å². The lowest BCUT2D eigenvalue weighted by Crippen LogP contribution is -2.64. The summed E-state index contributed by atoms with van der Waals surface area (Å²) in [7, 11) is 0. The van der Waals surface area contributed by atoms with Crippen LogP contribution in [0.5, 0.6) is 0 Å². The minimum absolute atomic E-state index is 0.201. The SMILES string of the molecule is CC1(O)[C@@]2(C)CCC[C@]1(C)[C@H]1CC[C@@H]2C1. The summed E-state index contributed by atoms with van der Waals surface area (Å²) in [5, 5.41) is 11.1. The molecule has 0 spiro atoms. The maximum atomic E-state index is 11.1. The molecule has 86 valence electrons. The monoisotopic (exact) mass is 208 g/mol. The van der Waals surface area contributed by atoms with Crippen LogP contribution in [0.3, 0.4) is 0 Å². The van der Waals surface area contributed by atoms with E-state index in [0.29, 0.717) is 0 Å². The Labute approximate surface area is 93.3 Å².